The summed E-state index contributed by atoms with van der Waals surface area (Å²) in [7, 11) is 1.53. The van der Waals surface area contributed by atoms with Crippen molar-refractivity contribution in [2.75, 3.05) is 25.6 Å². The number of rotatable bonds is 9. The topological polar surface area (TPSA) is 95.1 Å². The molecule has 0 bridgehead atoms. The minimum absolute atomic E-state index is 0.206. The molecule has 1 amide bonds. The van der Waals surface area contributed by atoms with Gasteiger partial charge in [0.15, 0.2) is 0 Å². The lowest BCUT2D eigenvalue weighted by atomic mass is 10.2. The van der Waals surface area contributed by atoms with Crippen molar-refractivity contribution in [1.29, 1.82) is 0 Å². The van der Waals surface area contributed by atoms with Crippen LogP contribution in [0, 0.1) is 11.6 Å². The first kappa shape index (κ1) is 18.0. The summed E-state index contributed by atoms with van der Waals surface area (Å²) in [5.41, 5.74) is -0.206. The first-order chi connectivity index (χ1) is 10.4. The molecule has 0 saturated carbocycles. The van der Waals surface area contributed by atoms with Gasteiger partial charge in [-0.15, -0.1) is 0 Å². The number of carboxylic acid groups (broad SMARTS) is 1. The lowest BCUT2D eigenvalue weighted by Gasteiger charge is -2.16. The molecule has 1 rings (SSSR count). The van der Waals surface area contributed by atoms with Crippen molar-refractivity contribution < 1.29 is 33.5 Å². The van der Waals surface area contributed by atoms with Gasteiger partial charge in [-0.3, -0.25) is 4.79 Å². The van der Waals surface area contributed by atoms with Gasteiger partial charge in [-0.1, -0.05) is 0 Å². The molecule has 0 aliphatic carbocycles. The number of nitrogens with one attached hydrogen (secondary N) is 1. The number of carboxylic acids is 1. The summed E-state index contributed by atoms with van der Waals surface area (Å²) in [6.45, 7) is 0.925. The fraction of sp³-hybridized carbons (Fsp3) is 0.429. The quantitative estimate of drug-likeness (QED) is 0.572. The number of hydrogen-bond acceptors (Lipinski definition) is 4. The molecule has 0 aliphatic heterocycles. The second-order valence-electron chi connectivity index (χ2n) is 4.67. The molecule has 0 heterocycles. The van der Waals surface area contributed by atoms with Gasteiger partial charge in [0.25, 0.3) is 0 Å². The average Bonchev–Trinajstić information content (AvgIpc) is 2.45. The predicted molar refractivity (Wildman–Crippen MR) is 71.7 cm³/mol. The van der Waals surface area contributed by atoms with Gasteiger partial charge in [0, 0.05) is 19.6 Å². The summed E-state index contributed by atoms with van der Waals surface area (Å²) in [5, 5.41) is 14.6. The predicted octanol–water partition coefficient (Wildman–Crippen LogP) is -0.988. The van der Waals surface area contributed by atoms with E-state index in [0.29, 0.717) is 25.6 Å². The molecule has 1 aromatic carbocycles. The number of ether oxygens (including phenoxy) is 1. The van der Waals surface area contributed by atoms with Gasteiger partial charge in [-0.25, -0.2) is 8.78 Å². The SMILES string of the molecule is COCCC[NH2+][C@H](CC(=O)Nc1ccc(F)cc1F)C(=O)[O-]. The van der Waals surface area contributed by atoms with Gasteiger partial charge < -0.3 is 25.3 Å². The number of anilines is 1. The molecule has 1 aromatic rings. The Labute approximate surface area is 126 Å². The number of amides is 1. The Morgan fingerprint density at radius 1 is 1.41 bits per heavy atom. The standard InChI is InChI=1S/C14H18F2N2O4/c1-22-6-2-5-17-12(14(20)21)8-13(19)18-11-4-3-9(15)7-10(11)16/h3-4,7,12,17H,2,5-6,8H2,1H3,(H,18,19)(H,20,21)/t12-/m1/s1. The van der Waals surface area contributed by atoms with Crippen LogP contribution in [-0.4, -0.2) is 38.2 Å². The molecule has 0 aromatic heterocycles. The minimum Gasteiger partial charge on any atom is -0.544 e. The number of nitrogens with two attached hydrogens (primary N) is 1. The summed E-state index contributed by atoms with van der Waals surface area (Å²) in [6.07, 6.45) is 0.237. The Balaban J connectivity index is 2.54. The van der Waals surface area contributed by atoms with E-state index in [-0.39, 0.29) is 12.1 Å². The van der Waals surface area contributed by atoms with Crippen LogP contribution in [0.4, 0.5) is 14.5 Å². The largest absolute Gasteiger partial charge is 0.544 e. The van der Waals surface area contributed by atoms with Gasteiger partial charge in [0.2, 0.25) is 5.91 Å². The zero-order valence-corrected chi connectivity index (χ0v) is 12.1. The molecular weight excluding hydrogens is 298 g/mol. The number of halogens is 2. The molecule has 1 atom stereocenters. The van der Waals surface area contributed by atoms with E-state index in [9.17, 15) is 23.5 Å². The smallest absolute Gasteiger partial charge is 0.230 e. The van der Waals surface area contributed by atoms with Crippen LogP contribution in [0.5, 0.6) is 0 Å². The highest BCUT2D eigenvalue weighted by atomic mass is 19.1. The van der Waals surface area contributed by atoms with Gasteiger partial charge in [-0.2, -0.15) is 0 Å². The van der Waals surface area contributed by atoms with Gasteiger partial charge in [0.1, 0.15) is 17.7 Å². The van der Waals surface area contributed by atoms with Crippen molar-refractivity contribution in [3.63, 3.8) is 0 Å². The zero-order valence-electron chi connectivity index (χ0n) is 12.1. The maximum atomic E-state index is 13.4. The van der Waals surface area contributed by atoms with Crippen LogP contribution in [0.2, 0.25) is 0 Å². The molecule has 0 fully saturated rings. The Kier molecular flexibility index (Phi) is 7.41. The first-order valence-corrected chi connectivity index (χ1v) is 6.72. The normalized spacial score (nSPS) is 12.0. The first-order valence-electron chi connectivity index (χ1n) is 6.72. The summed E-state index contributed by atoms with van der Waals surface area (Å²) in [4.78, 5) is 22.7. The van der Waals surface area contributed by atoms with E-state index < -0.39 is 29.6 Å². The van der Waals surface area contributed by atoms with Crippen LogP contribution < -0.4 is 15.7 Å². The zero-order chi connectivity index (χ0) is 16.5. The van der Waals surface area contributed by atoms with Crippen LogP contribution in [0.15, 0.2) is 18.2 Å². The number of methoxy groups -OCH3 is 1. The van der Waals surface area contributed by atoms with Gasteiger partial charge >= 0.3 is 0 Å². The number of benzene rings is 1. The van der Waals surface area contributed by atoms with Crippen molar-refractivity contribution >= 4 is 17.6 Å². The molecule has 8 heteroatoms. The molecule has 0 radical (unpaired) electrons. The van der Waals surface area contributed by atoms with E-state index >= 15 is 0 Å². The molecule has 122 valence electrons. The van der Waals surface area contributed by atoms with E-state index in [1.165, 1.54) is 12.4 Å². The Morgan fingerprint density at radius 3 is 2.73 bits per heavy atom. The van der Waals surface area contributed by atoms with Crippen LogP contribution in [0.3, 0.4) is 0 Å². The third-order valence-electron chi connectivity index (χ3n) is 2.92. The monoisotopic (exact) mass is 316 g/mol. The maximum Gasteiger partial charge on any atom is 0.230 e. The summed E-state index contributed by atoms with van der Waals surface area (Å²) in [5.74, 6) is -3.77. The lowest BCUT2D eigenvalue weighted by Crippen LogP contribution is -2.93. The fourth-order valence-electron chi connectivity index (χ4n) is 1.80. The highest BCUT2D eigenvalue weighted by Crippen LogP contribution is 2.15. The van der Waals surface area contributed by atoms with Gasteiger partial charge in [-0.05, 0) is 12.1 Å². The van der Waals surface area contributed by atoms with E-state index in [4.69, 9.17) is 4.74 Å². The van der Waals surface area contributed by atoms with E-state index in [2.05, 4.69) is 5.32 Å². The second-order valence-corrected chi connectivity index (χ2v) is 4.67. The molecule has 0 spiro atoms. The number of aliphatic carboxylic acids is 1. The number of quaternary nitrogens is 1. The Hall–Kier alpha value is -2.06. The van der Waals surface area contributed by atoms with Crippen LogP contribution in [0.1, 0.15) is 12.8 Å². The molecule has 0 unspecified atom stereocenters. The van der Waals surface area contributed by atoms with Crippen LogP contribution in [-0.2, 0) is 14.3 Å². The third-order valence-corrected chi connectivity index (χ3v) is 2.92. The average molecular weight is 316 g/mol. The summed E-state index contributed by atoms with van der Waals surface area (Å²) >= 11 is 0. The Morgan fingerprint density at radius 2 is 2.14 bits per heavy atom. The Bertz CT molecular complexity index is 526. The third kappa shape index (κ3) is 6.15. The van der Waals surface area contributed by atoms with Crippen molar-refractivity contribution in [1.82, 2.24) is 0 Å². The van der Waals surface area contributed by atoms with E-state index in [1.807, 2.05) is 0 Å². The van der Waals surface area contributed by atoms with Crippen LogP contribution in [0.25, 0.3) is 0 Å². The molecule has 0 saturated heterocycles. The number of hydrogen-bond donors (Lipinski definition) is 2. The van der Waals surface area contributed by atoms with Crippen molar-refractivity contribution in [3.05, 3.63) is 29.8 Å². The number of carbonyl (C=O) groups excluding carboxylic acids is 2. The lowest BCUT2D eigenvalue weighted by molar-refractivity contribution is -0.682. The van der Waals surface area contributed by atoms with Crippen molar-refractivity contribution in [2.45, 2.75) is 18.9 Å². The summed E-state index contributed by atoms with van der Waals surface area (Å²) < 4.78 is 31.0. The fourth-order valence-corrected chi connectivity index (χ4v) is 1.80. The maximum absolute atomic E-state index is 13.4. The molecule has 3 N–H and O–H groups in total. The second kappa shape index (κ2) is 9.06. The highest BCUT2D eigenvalue weighted by Gasteiger charge is 2.19. The highest BCUT2D eigenvalue weighted by molar-refractivity contribution is 5.93. The van der Waals surface area contributed by atoms with E-state index in [0.717, 1.165) is 12.1 Å². The molecule has 22 heavy (non-hydrogen) atoms. The van der Waals surface area contributed by atoms with Crippen LogP contribution >= 0.6 is 0 Å². The summed E-state index contributed by atoms with van der Waals surface area (Å²) in [6, 6.07) is 1.60. The minimum atomic E-state index is -1.38. The molecule has 0 aliphatic rings. The molecular formula is C14H18F2N2O4. The number of carbonyl (C=O) groups is 2. The van der Waals surface area contributed by atoms with Gasteiger partial charge in [0.05, 0.1) is 31.2 Å². The van der Waals surface area contributed by atoms with Crippen molar-refractivity contribution in [3.8, 4) is 0 Å². The van der Waals surface area contributed by atoms with E-state index in [1.54, 1.807) is 0 Å². The molecule has 6 nitrogen and oxygen atoms in total. The van der Waals surface area contributed by atoms with Crippen molar-refractivity contribution in [2.24, 2.45) is 0 Å².